The van der Waals surface area contributed by atoms with Gasteiger partial charge in [0.1, 0.15) is 17.6 Å². The Bertz CT molecular complexity index is 1300. The van der Waals surface area contributed by atoms with Crippen LogP contribution in [0.3, 0.4) is 0 Å². The number of amides is 2. The first kappa shape index (κ1) is 22.5. The van der Waals surface area contributed by atoms with Gasteiger partial charge in [-0.15, -0.1) is 0 Å². The number of rotatable bonds is 7. The van der Waals surface area contributed by atoms with Crippen molar-refractivity contribution in [2.45, 2.75) is 19.9 Å². The van der Waals surface area contributed by atoms with E-state index in [2.05, 4.69) is 15.8 Å². The molecule has 0 radical (unpaired) electrons. The Hall–Kier alpha value is -4.67. The molecule has 0 bridgehead atoms. The standard InChI is InChI=1S/C23H20N4O7/c1-13-9-16(27(30)31)4-6-18(13)19-8-5-17(34-19)11-24-26-22(28)14(2)25-23(29)15-3-7-20-21(10-15)33-12-32-20/h3-11,14H,12H2,1-2H3,(H,25,29)(H,26,28)/b24-11-/t14-/m1/s1. The Kier molecular flexibility index (Phi) is 6.26. The lowest BCUT2D eigenvalue weighted by molar-refractivity contribution is -0.384. The summed E-state index contributed by atoms with van der Waals surface area (Å²) >= 11 is 0. The van der Waals surface area contributed by atoms with Crippen molar-refractivity contribution in [1.29, 1.82) is 0 Å². The summed E-state index contributed by atoms with van der Waals surface area (Å²) in [5.74, 6) is 0.926. The van der Waals surface area contributed by atoms with Gasteiger partial charge in [0.2, 0.25) is 6.79 Å². The van der Waals surface area contributed by atoms with Crippen molar-refractivity contribution >= 4 is 23.7 Å². The molecule has 1 aromatic heterocycles. The number of nitro benzene ring substituents is 1. The molecule has 0 aliphatic carbocycles. The number of hydrogen-bond donors (Lipinski definition) is 2. The molecule has 0 unspecified atom stereocenters. The molecule has 4 rings (SSSR count). The number of benzene rings is 2. The number of nitrogens with one attached hydrogen (secondary N) is 2. The van der Waals surface area contributed by atoms with Crippen LogP contribution in [-0.2, 0) is 4.79 Å². The fraction of sp³-hybridized carbons (Fsp3) is 0.174. The number of aryl methyl sites for hydroxylation is 1. The van der Waals surface area contributed by atoms with Crippen LogP contribution in [-0.4, -0.2) is 35.8 Å². The first-order chi connectivity index (χ1) is 16.3. The summed E-state index contributed by atoms with van der Waals surface area (Å²) in [6.45, 7) is 3.37. The van der Waals surface area contributed by atoms with E-state index in [1.807, 2.05) is 0 Å². The lowest BCUT2D eigenvalue weighted by Crippen LogP contribution is -2.43. The SMILES string of the molecule is Cc1cc([N+](=O)[O-])ccc1-c1ccc(/C=N\NC(=O)[C@@H](C)NC(=O)c2ccc3c(c2)OCO3)o1. The van der Waals surface area contributed by atoms with Crippen molar-refractivity contribution in [3.8, 4) is 22.8 Å². The molecule has 3 aromatic rings. The normalized spacial score (nSPS) is 13.0. The molecule has 1 atom stereocenters. The van der Waals surface area contributed by atoms with Crippen LogP contribution in [0, 0.1) is 17.0 Å². The van der Waals surface area contributed by atoms with Gasteiger partial charge in [-0.1, -0.05) is 0 Å². The highest BCUT2D eigenvalue weighted by atomic mass is 16.7. The molecule has 11 heteroatoms. The number of non-ortho nitro benzene ring substituents is 1. The average Bonchev–Trinajstić information content (AvgIpc) is 3.47. The molecule has 2 aromatic carbocycles. The van der Waals surface area contributed by atoms with Crippen LogP contribution < -0.4 is 20.2 Å². The van der Waals surface area contributed by atoms with Crippen molar-refractivity contribution in [1.82, 2.24) is 10.7 Å². The van der Waals surface area contributed by atoms with Crippen LogP contribution in [0.2, 0.25) is 0 Å². The molecule has 0 spiro atoms. The first-order valence-corrected chi connectivity index (χ1v) is 10.2. The fourth-order valence-corrected chi connectivity index (χ4v) is 3.24. The van der Waals surface area contributed by atoms with E-state index in [1.54, 1.807) is 43.3 Å². The molecular weight excluding hydrogens is 444 g/mol. The zero-order valence-corrected chi connectivity index (χ0v) is 18.2. The molecule has 2 amide bonds. The summed E-state index contributed by atoms with van der Waals surface area (Å²) in [4.78, 5) is 35.1. The minimum atomic E-state index is -0.856. The number of nitro groups is 1. The summed E-state index contributed by atoms with van der Waals surface area (Å²) in [6.07, 6.45) is 1.31. The van der Waals surface area contributed by atoms with Gasteiger partial charge in [-0.3, -0.25) is 19.7 Å². The van der Waals surface area contributed by atoms with E-state index >= 15 is 0 Å². The third-order valence-electron chi connectivity index (χ3n) is 5.06. The number of fused-ring (bicyclic) bond motifs is 1. The smallest absolute Gasteiger partial charge is 0.269 e. The molecule has 174 valence electrons. The number of hydrogen-bond acceptors (Lipinski definition) is 8. The summed E-state index contributed by atoms with van der Waals surface area (Å²) in [6, 6.07) is 11.7. The molecule has 1 aliphatic heterocycles. The average molecular weight is 464 g/mol. The minimum absolute atomic E-state index is 0.00274. The van der Waals surface area contributed by atoms with Gasteiger partial charge in [0, 0.05) is 23.3 Å². The van der Waals surface area contributed by atoms with Crippen LogP contribution in [0.1, 0.15) is 28.6 Å². The van der Waals surface area contributed by atoms with Crippen LogP contribution in [0.4, 0.5) is 5.69 Å². The lowest BCUT2D eigenvalue weighted by atomic mass is 10.1. The predicted octanol–water partition coefficient (Wildman–Crippen LogP) is 3.16. The van der Waals surface area contributed by atoms with Crippen LogP contribution >= 0.6 is 0 Å². The highest BCUT2D eigenvalue weighted by Gasteiger charge is 2.20. The van der Waals surface area contributed by atoms with E-state index in [-0.39, 0.29) is 12.5 Å². The second kappa shape index (κ2) is 9.45. The Labute approximate surface area is 193 Å². The number of ether oxygens (including phenoxy) is 2. The molecular formula is C23H20N4O7. The summed E-state index contributed by atoms with van der Waals surface area (Å²) in [7, 11) is 0. The number of carbonyl (C=O) groups excluding carboxylic acids is 2. The molecule has 1 aliphatic rings. The highest BCUT2D eigenvalue weighted by Crippen LogP contribution is 2.32. The van der Waals surface area contributed by atoms with Crippen LogP contribution in [0.15, 0.2) is 58.0 Å². The fourth-order valence-electron chi connectivity index (χ4n) is 3.24. The summed E-state index contributed by atoms with van der Waals surface area (Å²) < 4.78 is 16.2. The minimum Gasteiger partial charge on any atom is -0.455 e. The van der Waals surface area contributed by atoms with Gasteiger partial charge in [-0.05, 0) is 55.8 Å². The van der Waals surface area contributed by atoms with E-state index in [0.717, 1.165) is 0 Å². The second-order valence-electron chi connectivity index (χ2n) is 7.46. The molecule has 11 nitrogen and oxygen atoms in total. The van der Waals surface area contributed by atoms with Crippen molar-refractivity contribution in [3.63, 3.8) is 0 Å². The zero-order chi connectivity index (χ0) is 24.2. The molecule has 34 heavy (non-hydrogen) atoms. The maximum atomic E-state index is 12.4. The maximum absolute atomic E-state index is 12.4. The van der Waals surface area contributed by atoms with Gasteiger partial charge in [-0.25, -0.2) is 5.43 Å². The first-order valence-electron chi connectivity index (χ1n) is 10.2. The van der Waals surface area contributed by atoms with Crippen LogP contribution in [0.5, 0.6) is 11.5 Å². The third kappa shape index (κ3) is 4.88. The second-order valence-corrected chi connectivity index (χ2v) is 7.46. The van der Waals surface area contributed by atoms with E-state index < -0.39 is 22.8 Å². The van der Waals surface area contributed by atoms with Gasteiger partial charge in [0.15, 0.2) is 11.5 Å². The molecule has 0 fully saturated rings. The van der Waals surface area contributed by atoms with Gasteiger partial charge in [-0.2, -0.15) is 5.10 Å². The van der Waals surface area contributed by atoms with Crippen molar-refractivity contribution in [3.05, 3.63) is 75.5 Å². The van der Waals surface area contributed by atoms with Gasteiger partial charge < -0.3 is 19.2 Å². The Morgan fingerprint density at radius 3 is 2.68 bits per heavy atom. The largest absolute Gasteiger partial charge is 0.455 e. The summed E-state index contributed by atoms with van der Waals surface area (Å²) in [5.41, 5.74) is 4.06. The summed E-state index contributed by atoms with van der Waals surface area (Å²) in [5, 5.41) is 17.3. The topological polar surface area (TPSA) is 145 Å². The van der Waals surface area contributed by atoms with E-state index in [4.69, 9.17) is 13.9 Å². The van der Waals surface area contributed by atoms with Gasteiger partial charge >= 0.3 is 0 Å². The van der Waals surface area contributed by atoms with Crippen LogP contribution in [0.25, 0.3) is 11.3 Å². The van der Waals surface area contributed by atoms with E-state index in [9.17, 15) is 19.7 Å². The molecule has 0 saturated carbocycles. The molecule has 2 heterocycles. The van der Waals surface area contributed by atoms with Crippen molar-refractivity contribution in [2.75, 3.05) is 6.79 Å². The van der Waals surface area contributed by atoms with Crippen molar-refractivity contribution in [2.24, 2.45) is 5.10 Å². The number of furan rings is 1. The third-order valence-corrected chi connectivity index (χ3v) is 5.06. The monoisotopic (exact) mass is 464 g/mol. The highest BCUT2D eigenvalue weighted by molar-refractivity contribution is 5.98. The quantitative estimate of drug-likeness (QED) is 0.310. The molecule has 2 N–H and O–H groups in total. The predicted molar refractivity (Wildman–Crippen MR) is 121 cm³/mol. The van der Waals surface area contributed by atoms with Crippen molar-refractivity contribution < 1.29 is 28.4 Å². The lowest BCUT2D eigenvalue weighted by Gasteiger charge is -2.12. The zero-order valence-electron chi connectivity index (χ0n) is 18.2. The number of hydrazone groups is 1. The maximum Gasteiger partial charge on any atom is 0.269 e. The number of carbonyl (C=O) groups is 2. The van der Waals surface area contributed by atoms with E-state index in [1.165, 1.54) is 25.3 Å². The number of nitrogens with zero attached hydrogens (tertiary/aromatic N) is 2. The Morgan fingerprint density at radius 1 is 1.12 bits per heavy atom. The molecule has 0 saturated heterocycles. The van der Waals surface area contributed by atoms with E-state index in [0.29, 0.717) is 39.7 Å². The van der Waals surface area contributed by atoms with Gasteiger partial charge in [0.25, 0.3) is 17.5 Å². The Morgan fingerprint density at radius 2 is 1.91 bits per heavy atom. The Balaban J connectivity index is 1.33. The van der Waals surface area contributed by atoms with Gasteiger partial charge in [0.05, 0.1) is 11.1 Å².